The second kappa shape index (κ2) is 8.42. The van der Waals surface area contributed by atoms with Crippen molar-refractivity contribution >= 4 is 40.6 Å². The lowest BCUT2D eigenvalue weighted by Crippen LogP contribution is -2.44. The lowest BCUT2D eigenvalue weighted by molar-refractivity contribution is -0.151. The van der Waals surface area contributed by atoms with Gasteiger partial charge in [0.15, 0.2) is 16.6 Å². The number of benzene rings is 2. The Morgan fingerprint density at radius 1 is 1.20 bits per heavy atom. The van der Waals surface area contributed by atoms with Gasteiger partial charge in [0.1, 0.15) is 12.1 Å². The molecule has 2 aliphatic heterocycles. The van der Waals surface area contributed by atoms with Crippen LogP contribution >= 0.6 is 12.2 Å². The van der Waals surface area contributed by atoms with Crippen molar-refractivity contribution in [2.24, 2.45) is 0 Å². The van der Waals surface area contributed by atoms with E-state index in [-0.39, 0.29) is 23.2 Å². The SMILES string of the molecule is COC(=O)[C@H]1COc2cc(N3C(=S)N(c4ccc(C#N)c(C(F)(F)F)c4)C(=O)C3(C)C)ccc2O1. The Kier molecular flexibility index (Phi) is 5.84. The Bertz CT molecular complexity index is 1290. The van der Waals surface area contributed by atoms with Gasteiger partial charge in [-0.05, 0) is 56.4 Å². The number of ether oxygens (including phenoxy) is 3. The Morgan fingerprint density at radius 2 is 1.89 bits per heavy atom. The molecule has 2 aromatic carbocycles. The predicted octanol–water partition coefficient (Wildman–Crippen LogP) is 3.81. The summed E-state index contributed by atoms with van der Waals surface area (Å²) in [5.74, 6) is -0.572. The van der Waals surface area contributed by atoms with Crippen LogP contribution in [0.2, 0.25) is 0 Å². The average molecular weight is 505 g/mol. The number of esters is 1. The molecule has 1 atom stereocenters. The summed E-state index contributed by atoms with van der Waals surface area (Å²) in [7, 11) is 1.23. The Hall–Kier alpha value is -3.85. The van der Waals surface area contributed by atoms with Crippen LogP contribution in [0.4, 0.5) is 24.5 Å². The van der Waals surface area contributed by atoms with Crippen LogP contribution in [-0.4, -0.2) is 42.3 Å². The van der Waals surface area contributed by atoms with Crippen LogP contribution in [0.1, 0.15) is 25.0 Å². The molecule has 1 saturated heterocycles. The number of carbonyl (C=O) groups excluding carboxylic acids is 2. The van der Waals surface area contributed by atoms with E-state index in [4.69, 9.17) is 27.0 Å². The largest absolute Gasteiger partial charge is 0.485 e. The molecule has 12 heteroatoms. The van der Waals surface area contributed by atoms with Crippen molar-refractivity contribution in [3.63, 3.8) is 0 Å². The summed E-state index contributed by atoms with van der Waals surface area (Å²) in [6, 6.07) is 9.19. The van der Waals surface area contributed by atoms with Gasteiger partial charge in [0.2, 0.25) is 6.10 Å². The minimum Gasteiger partial charge on any atom is -0.485 e. The number of alkyl halides is 3. The van der Waals surface area contributed by atoms with Crippen molar-refractivity contribution in [3.8, 4) is 17.6 Å². The predicted molar refractivity (Wildman–Crippen MR) is 121 cm³/mol. The molecular formula is C23H18F3N3O5S. The molecule has 1 amide bonds. The third-order valence-electron chi connectivity index (χ3n) is 5.66. The maximum Gasteiger partial charge on any atom is 0.417 e. The zero-order chi connectivity index (χ0) is 25.7. The minimum absolute atomic E-state index is 0.0538. The highest BCUT2D eigenvalue weighted by molar-refractivity contribution is 7.81. The molecule has 4 rings (SSSR count). The zero-order valence-corrected chi connectivity index (χ0v) is 19.5. The summed E-state index contributed by atoms with van der Waals surface area (Å²) in [5.41, 5.74) is -2.67. The van der Waals surface area contributed by atoms with E-state index < -0.39 is 40.8 Å². The number of rotatable bonds is 3. The summed E-state index contributed by atoms with van der Waals surface area (Å²) >= 11 is 5.52. The lowest BCUT2D eigenvalue weighted by atomic mass is 10.0. The summed E-state index contributed by atoms with van der Waals surface area (Å²) in [4.78, 5) is 27.6. The van der Waals surface area contributed by atoms with E-state index in [1.54, 1.807) is 26.0 Å². The Balaban J connectivity index is 1.71. The van der Waals surface area contributed by atoms with Gasteiger partial charge in [0.05, 0.1) is 30.0 Å². The van der Waals surface area contributed by atoms with Gasteiger partial charge in [-0.25, -0.2) is 4.79 Å². The van der Waals surface area contributed by atoms with Crippen LogP contribution in [0.15, 0.2) is 36.4 Å². The number of methoxy groups -OCH3 is 1. The fourth-order valence-corrected chi connectivity index (χ4v) is 4.43. The van der Waals surface area contributed by atoms with Gasteiger partial charge in [0, 0.05) is 11.8 Å². The van der Waals surface area contributed by atoms with Gasteiger partial charge in [0.25, 0.3) is 5.91 Å². The standard InChI is InChI=1S/C23H18F3N3O5S/c1-22(2)20(31)28(13-5-4-12(10-27)15(8-13)23(24,25)26)21(35)29(22)14-6-7-16-17(9-14)33-11-18(34-16)19(30)32-3/h4-9,18H,11H2,1-3H3/t18-/m1/s1. The van der Waals surface area contributed by atoms with E-state index >= 15 is 0 Å². The molecule has 0 aromatic heterocycles. The van der Waals surface area contributed by atoms with Crippen LogP contribution in [0, 0.1) is 11.3 Å². The third kappa shape index (κ3) is 4.01. The van der Waals surface area contributed by atoms with Crippen LogP contribution in [0.5, 0.6) is 11.5 Å². The molecule has 0 aliphatic carbocycles. The topological polar surface area (TPSA) is 92.1 Å². The molecule has 0 unspecified atom stereocenters. The van der Waals surface area contributed by atoms with Crippen molar-refractivity contribution in [1.29, 1.82) is 5.26 Å². The monoisotopic (exact) mass is 505 g/mol. The molecule has 2 heterocycles. The highest BCUT2D eigenvalue weighted by Crippen LogP contribution is 2.42. The van der Waals surface area contributed by atoms with Crippen molar-refractivity contribution in [2.45, 2.75) is 31.7 Å². The second-order valence-electron chi connectivity index (χ2n) is 8.23. The molecule has 0 saturated carbocycles. The molecule has 0 spiro atoms. The summed E-state index contributed by atoms with van der Waals surface area (Å²) < 4.78 is 56.4. The van der Waals surface area contributed by atoms with Gasteiger partial charge in [-0.1, -0.05) is 0 Å². The number of thiocarbonyl (C=S) groups is 1. The lowest BCUT2D eigenvalue weighted by Gasteiger charge is -2.31. The van der Waals surface area contributed by atoms with Crippen LogP contribution < -0.4 is 19.3 Å². The number of hydrogen-bond donors (Lipinski definition) is 0. The number of hydrogen-bond acceptors (Lipinski definition) is 7. The molecule has 0 radical (unpaired) electrons. The fraction of sp³-hybridized carbons (Fsp3) is 0.304. The molecule has 2 aromatic rings. The summed E-state index contributed by atoms with van der Waals surface area (Å²) in [5, 5.41) is 9.01. The second-order valence-corrected chi connectivity index (χ2v) is 8.59. The van der Waals surface area contributed by atoms with Crippen molar-refractivity contribution in [1.82, 2.24) is 0 Å². The summed E-state index contributed by atoms with van der Waals surface area (Å²) in [6.45, 7) is 3.08. The number of fused-ring (bicyclic) bond motifs is 1. The molecule has 35 heavy (non-hydrogen) atoms. The van der Waals surface area contributed by atoms with E-state index in [1.807, 2.05) is 0 Å². The number of halogens is 3. The van der Waals surface area contributed by atoms with E-state index in [0.29, 0.717) is 11.4 Å². The van der Waals surface area contributed by atoms with Gasteiger partial charge in [-0.2, -0.15) is 18.4 Å². The quantitative estimate of drug-likeness (QED) is 0.460. The number of nitrogens with zero attached hydrogens (tertiary/aromatic N) is 3. The first-order valence-electron chi connectivity index (χ1n) is 10.2. The molecule has 0 N–H and O–H groups in total. The Morgan fingerprint density at radius 3 is 2.51 bits per heavy atom. The zero-order valence-electron chi connectivity index (χ0n) is 18.7. The van der Waals surface area contributed by atoms with Gasteiger partial charge < -0.3 is 19.1 Å². The van der Waals surface area contributed by atoms with Crippen LogP contribution in [0.3, 0.4) is 0 Å². The molecule has 1 fully saturated rings. The Labute approximate surface area is 203 Å². The summed E-state index contributed by atoms with van der Waals surface area (Å²) in [6.07, 6.45) is -5.72. The molecule has 0 bridgehead atoms. The fourth-order valence-electron chi connectivity index (χ4n) is 3.91. The first-order chi connectivity index (χ1) is 16.4. The van der Waals surface area contributed by atoms with Crippen LogP contribution in [0.25, 0.3) is 0 Å². The van der Waals surface area contributed by atoms with E-state index in [2.05, 4.69) is 4.74 Å². The normalized spacial score (nSPS) is 18.9. The maximum atomic E-state index is 13.5. The maximum absolute atomic E-state index is 13.5. The van der Waals surface area contributed by atoms with E-state index in [1.165, 1.54) is 30.2 Å². The molecule has 182 valence electrons. The van der Waals surface area contributed by atoms with Crippen LogP contribution in [-0.2, 0) is 20.5 Å². The minimum atomic E-state index is -4.79. The number of anilines is 2. The first kappa shape index (κ1) is 24.3. The first-order valence-corrected chi connectivity index (χ1v) is 10.6. The van der Waals surface area contributed by atoms with Gasteiger partial charge in [-0.15, -0.1) is 0 Å². The molecule has 2 aliphatic rings. The van der Waals surface area contributed by atoms with E-state index in [9.17, 15) is 22.8 Å². The highest BCUT2D eigenvalue weighted by atomic mass is 32.1. The van der Waals surface area contributed by atoms with Gasteiger partial charge in [-0.3, -0.25) is 9.69 Å². The smallest absolute Gasteiger partial charge is 0.417 e. The number of nitriles is 1. The molecular weight excluding hydrogens is 487 g/mol. The van der Waals surface area contributed by atoms with E-state index in [0.717, 1.165) is 17.0 Å². The highest BCUT2D eigenvalue weighted by Gasteiger charge is 2.51. The average Bonchev–Trinajstić information content (AvgIpc) is 3.00. The molecule has 8 nitrogen and oxygen atoms in total. The van der Waals surface area contributed by atoms with Crippen molar-refractivity contribution < 1.29 is 37.0 Å². The van der Waals surface area contributed by atoms with Gasteiger partial charge >= 0.3 is 12.1 Å². The number of amides is 1. The third-order valence-corrected chi connectivity index (χ3v) is 6.03. The number of carbonyl (C=O) groups is 2. The van der Waals surface area contributed by atoms with Crippen molar-refractivity contribution in [3.05, 3.63) is 47.5 Å². The van der Waals surface area contributed by atoms with Crippen molar-refractivity contribution in [2.75, 3.05) is 23.5 Å².